The number of urea groups is 1. The summed E-state index contributed by atoms with van der Waals surface area (Å²) in [5.41, 5.74) is 3.39. The fraction of sp³-hybridized carbons (Fsp3) is 0.375. The third-order valence-corrected chi connectivity index (χ3v) is 4.10. The van der Waals surface area contributed by atoms with Crippen LogP contribution in [0.2, 0.25) is 0 Å². The number of carbonyl (C=O) groups excluding carboxylic acids is 1. The van der Waals surface area contributed by atoms with Crippen molar-refractivity contribution in [2.75, 3.05) is 30.9 Å². The number of benzene rings is 1. The summed E-state index contributed by atoms with van der Waals surface area (Å²) in [6.45, 7) is 2.55. The van der Waals surface area contributed by atoms with E-state index in [9.17, 15) is 4.79 Å². The van der Waals surface area contributed by atoms with Crippen molar-refractivity contribution in [3.63, 3.8) is 0 Å². The van der Waals surface area contributed by atoms with Gasteiger partial charge in [-0.15, -0.1) is 11.3 Å². The van der Waals surface area contributed by atoms with Crippen molar-refractivity contribution in [1.29, 1.82) is 0 Å². The maximum atomic E-state index is 11.7. The fourth-order valence-electron chi connectivity index (χ4n) is 2.01. The number of aryl methyl sites for hydroxylation is 2. The highest BCUT2D eigenvalue weighted by atomic mass is 32.1. The Kier molecular flexibility index (Phi) is 5.77. The molecule has 0 spiro atoms. The van der Waals surface area contributed by atoms with Crippen molar-refractivity contribution in [3.8, 4) is 0 Å². The normalized spacial score (nSPS) is 10.3. The van der Waals surface area contributed by atoms with E-state index in [-0.39, 0.29) is 6.03 Å². The number of anilines is 2. The lowest BCUT2D eigenvalue weighted by molar-refractivity contribution is 0.252. The molecule has 0 fully saturated rings. The number of hydrogen-bond donors (Lipinski definition) is 2. The first-order valence-electron chi connectivity index (χ1n) is 7.28. The van der Waals surface area contributed by atoms with Gasteiger partial charge < -0.3 is 10.2 Å². The van der Waals surface area contributed by atoms with Crippen molar-refractivity contribution >= 4 is 28.2 Å². The molecule has 22 heavy (non-hydrogen) atoms. The number of nitrogens with one attached hydrogen (secondary N) is 2. The molecule has 0 unspecified atom stereocenters. The van der Waals surface area contributed by atoms with Gasteiger partial charge in [0.2, 0.25) is 0 Å². The van der Waals surface area contributed by atoms with E-state index in [1.807, 2.05) is 26.4 Å². The largest absolute Gasteiger partial charge is 0.378 e. The third kappa shape index (κ3) is 5.04. The molecule has 0 saturated heterocycles. The summed E-state index contributed by atoms with van der Waals surface area (Å²) < 4.78 is 0. The molecule has 0 saturated carbocycles. The van der Waals surface area contributed by atoms with Crippen LogP contribution in [0.3, 0.4) is 0 Å². The predicted octanol–water partition coefficient (Wildman–Crippen LogP) is 3.27. The van der Waals surface area contributed by atoms with Gasteiger partial charge in [0.25, 0.3) is 0 Å². The average molecular weight is 318 g/mol. The molecule has 0 aliphatic rings. The second-order valence-corrected chi connectivity index (χ2v) is 6.20. The van der Waals surface area contributed by atoms with Crippen LogP contribution in [0.15, 0.2) is 29.6 Å². The molecule has 2 rings (SSSR count). The Morgan fingerprint density at radius 2 is 2.00 bits per heavy atom. The van der Waals surface area contributed by atoms with Gasteiger partial charge in [0.05, 0.1) is 5.69 Å². The van der Waals surface area contributed by atoms with Crippen LogP contribution in [0, 0.1) is 6.92 Å². The van der Waals surface area contributed by atoms with E-state index in [2.05, 4.69) is 44.8 Å². The van der Waals surface area contributed by atoms with Gasteiger partial charge in [-0.05, 0) is 37.5 Å². The molecular formula is C16H22N4OS. The van der Waals surface area contributed by atoms with E-state index in [4.69, 9.17) is 0 Å². The lowest BCUT2D eigenvalue weighted by Crippen LogP contribution is -2.29. The zero-order valence-electron chi connectivity index (χ0n) is 13.2. The number of amides is 2. The summed E-state index contributed by atoms with van der Waals surface area (Å²) in [5, 5.41) is 8.13. The quantitative estimate of drug-likeness (QED) is 0.804. The lowest BCUT2D eigenvalue weighted by atomic mass is 10.1. The molecule has 2 N–H and O–H groups in total. The molecule has 0 aliphatic carbocycles. The van der Waals surface area contributed by atoms with E-state index in [0.29, 0.717) is 11.7 Å². The van der Waals surface area contributed by atoms with Gasteiger partial charge >= 0.3 is 6.03 Å². The predicted molar refractivity (Wildman–Crippen MR) is 93.0 cm³/mol. The van der Waals surface area contributed by atoms with Gasteiger partial charge in [-0.25, -0.2) is 9.78 Å². The van der Waals surface area contributed by atoms with Crippen molar-refractivity contribution in [2.24, 2.45) is 0 Å². The first-order chi connectivity index (χ1) is 10.5. The second kappa shape index (κ2) is 7.79. The summed E-state index contributed by atoms with van der Waals surface area (Å²) in [6, 6.07) is 8.29. The lowest BCUT2D eigenvalue weighted by Gasteiger charge is -2.12. The molecule has 1 aromatic carbocycles. The van der Waals surface area contributed by atoms with Crippen LogP contribution in [0.1, 0.15) is 17.7 Å². The van der Waals surface area contributed by atoms with E-state index >= 15 is 0 Å². The summed E-state index contributed by atoms with van der Waals surface area (Å²) >= 11 is 1.43. The van der Waals surface area contributed by atoms with Crippen LogP contribution in [0.25, 0.3) is 0 Å². The molecular weight excluding hydrogens is 296 g/mol. The number of hydrogen-bond acceptors (Lipinski definition) is 4. The highest BCUT2D eigenvalue weighted by Gasteiger charge is 2.04. The molecule has 0 atom stereocenters. The molecule has 6 heteroatoms. The number of aromatic nitrogens is 1. The standard InChI is InChI=1S/C16H22N4OS/c1-12-11-22-16(18-12)19-15(21)17-10-4-5-13-6-8-14(9-7-13)20(2)3/h6-9,11H,4-5,10H2,1-3H3,(H2,17,18,19,21). The van der Waals surface area contributed by atoms with E-state index in [1.54, 1.807) is 0 Å². The van der Waals surface area contributed by atoms with Crippen LogP contribution in [-0.4, -0.2) is 31.7 Å². The Hall–Kier alpha value is -2.08. The fourth-order valence-corrected chi connectivity index (χ4v) is 2.69. The van der Waals surface area contributed by atoms with Gasteiger partial charge in [-0.3, -0.25) is 5.32 Å². The zero-order chi connectivity index (χ0) is 15.9. The molecule has 1 aromatic heterocycles. The van der Waals surface area contributed by atoms with Gasteiger partial charge in [0.1, 0.15) is 0 Å². The monoisotopic (exact) mass is 318 g/mol. The zero-order valence-corrected chi connectivity index (χ0v) is 14.0. The van der Waals surface area contributed by atoms with Crippen molar-refractivity contribution in [3.05, 3.63) is 40.9 Å². The highest BCUT2D eigenvalue weighted by Crippen LogP contribution is 2.14. The van der Waals surface area contributed by atoms with E-state index < -0.39 is 0 Å². The van der Waals surface area contributed by atoms with Crippen LogP contribution >= 0.6 is 11.3 Å². The smallest absolute Gasteiger partial charge is 0.321 e. The summed E-state index contributed by atoms with van der Waals surface area (Å²) in [4.78, 5) is 18.0. The van der Waals surface area contributed by atoms with E-state index in [0.717, 1.165) is 18.5 Å². The number of rotatable bonds is 6. The number of nitrogens with zero attached hydrogens (tertiary/aromatic N) is 2. The summed E-state index contributed by atoms with van der Waals surface area (Å²) in [7, 11) is 4.06. The first-order valence-corrected chi connectivity index (χ1v) is 8.16. The minimum atomic E-state index is -0.197. The Morgan fingerprint density at radius 1 is 1.27 bits per heavy atom. The first kappa shape index (κ1) is 16.3. The van der Waals surface area contributed by atoms with Crippen molar-refractivity contribution < 1.29 is 4.79 Å². The van der Waals surface area contributed by atoms with Crippen molar-refractivity contribution in [1.82, 2.24) is 10.3 Å². The van der Waals surface area contributed by atoms with Crippen LogP contribution < -0.4 is 15.5 Å². The minimum Gasteiger partial charge on any atom is -0.378 e. The molecule has 0 bridgehead atoms. The van der Waals surface area contributed by atoms with Crippen molar-refractivity contribution in [2.45, 2.75) is 19.8 Å². The molecule has 2 aromatic rings. The topological polar surface area (TPSA) is 57.3 Å². The average Bonchev–Trinajstić information content (AvgIpc) is 2.89. The van der Waals surface area contributed by atoms with Crippen LogP contribution in [0.4, 0.5) is 15.6 Å². The molecule has 0 aliphatic heterocycles. The molecule has 1 heterocycles. The van der Waals surface area contributed by atoms with Gasteiger partial charge in [0, 0.05) is 31.7 Å². The van der Waals surface area contributed by atoms with Crippen LogP contribution in [0.5, 0.6) is 0 Å². The number of thiazole rings is 1. The molecule has 2 amide bonds. The third-order valence-electron chi connectivity index (χ3n) is 3.22. The van der Waals surface area contributed by atoms with Gasteiger partial charge in [-0.1, -0.05) is 12.1 Å². The van der Waals surface area contributed by atoms with Crippen LogP contribution in [-0.2, 0) is 6.42 Å². The second-order valence-electron chi connectivity index (χ2n) is 5.34. The highest BCUT2D eigenvalue weighted by molar-refractivity contribution is 7.13. The van der Waals surface area contributed by atoms with Gasteiger partial charge in [0.15, 0.2) is 5.13 Å². The Labute approximate surface area is 135 Å². The maximum Gasteiger partial charge on any atom is 0.321 e. The molecule has 5 nitrogen and oxygen atoms in total. The minimum absolute atomic E-state index is 0.197. The Balaban J connectivity index is 1.67. The van der Waals surface area contributed by atoms with Gasteiger partial charge in [-0.2, -0.15) is 0 Å². The number of carbonyl (C=O) groups is 1. The molecule has 118 valence electrons. The Morgan fingerprint density at radius 3 is 2.59 bits per heavy atom. The summed E-state index contributed by atoms with van der Waals surface area (Å²) in [5.74, 6) is 0. The van der Waals surface area contributed by atoms with E-state index in [1.165, 1.54) is 22.6 Å². The summed E-state index contributed by atoms with van der Waals surface area (Å²) in [6.07, 6.45) is 1.86. The maximum absolute atomic E-state index is 11.7. The molecule has 0 radical (unpaired) electrons. The Bertz CT molecular complexity index is 607. The SMILES string of the molecule is Cc1csc(NC(=O)NCCCc2ccc(N(C)C)cc2)n1.